The number of nitrogens with zero attached hydrogens (tertiary/aromatic N) is 1. The standard InChI is InChI=1S/C16H13ClF3NO4S/c1-21(7-12(22)23)15(24)26-14-9-4-6-11(25-2)13(16(18,19)20)8(9)3-5-10(14)17/h3-6H,7H2,1-2H3,(H,22,23). The summed E-state index contributed by atoms with van der Waals surface area (Å²) in [7, 11) is 2.40. The van der Waals surface area contributed by atoms with Gasteiger partial charge >= 0.3 is 12.1 Å². The van der Waals surface area contributed by atoms with Crippen molar-refractivity contribution in [1.82, 2.24) is 4.90 Å². The number of likely N-dealkylation sites (N-methyl/N-ethyl adjacent to an activating group) is 1. The summed E-state index contributed by atoms with van der Waals surface area (Å²) in [5, 5.41) is 8.11. The number of thioether (sulfide) groups is 1. The van der Waals surface area contributed by atoms with Gasteiger partial charge in [0.15, 0.2) is 0 Å². The molecule has 0 spiro atoms. The molecule has 0 aliphatic carbocycles. The molecule has 10 heteroatoms. The van der Waals surface area contributed by atoms with Gasteiger partial charge in [0.1, 0.15) is 17.9 Å². The van der Waals surface area contributed by atoms with Crippen molar-refractivity contribution in [2.45, 2.75) is 11.1 Å². The molecule has 0 radical (unpaired) electrons. The second kappa shape index (κ2) is 7.63. The summed E-state index contributed by atoms with van der Waals surface area (Å²) in [5.74, 6) is -1.56. The van der Waals surface area contributed by atoms with Crippen LogP contribution in [0.4, 0.5) is 18.0 Å². The molecular weight excluding hydrogens is 395 g/mol. The normalized spacial score (nSPS) is 11.5. The van der Waals surface area contributed by atoms with Crippen molar-refractivity contribution >= 4 is 45.3 Å². The Hall–Kier alpha value is -2.13. The summed E-state index contributed by atoms with van der Waals surface area (Å²) in [6.45, 7) is -0.546. The first-order valence-corrected chi connectivity index (χ1v) is 8.26. The molecule has 2 rings (SSSR count). The van der Waals surface area contributed by atoms with Gasteiger partial charge in [0.2, 0.25) is 0 Å². The van der Waals surface area contributed by atoms with Crippen molar-refractivity contribution in [1.29, 1.82) is 0 Å². The third-order valence-corrected chi connectivity index (χ3v) is 5.00. The maximum absolute atomic E-state index is 13.5. The smallest absolute Gasteiger partial charge is 0.420 e. The molecule has 1 N–H and O–H groups in total. The van der Waals surface area contributed by atoms with E-state index in [2.05, 4.69) is 0 Å². The fourth-order valence-corrected chi connectivity index (χ4v) is 3.46. The van der Waals surface area contributed by atoms with Crippen LogP contribution in [0.15, 0.2) is 29.2 Å². The summed E-state index contributed by atoms with van der Waals surface area (Å²) < 4.78 is 45.2. The molecule has 0 heterocycles. The molecule has 0 saturated heterocycles. The van der Waals surface area contributed by atoms with Crippen molar-refractivity contribution < 1.29 is 32.6 Å². The molecule has 0 bridgehead atoms. The molecular formula is C16H13ClF3NO4S. The molecule has 2 aromatic rings. The van der Waals surface area contributed by atoms with Crippen molar-refractivity contribution in [3.8, 4) is 5.75 Å². The molecule has 0 atom stereocenters. The second-order valence-corrected chi connectivity index (χ2v) is 6.60. The SMILES string of the molecule is COc1ccc2c(SC(=O)N(C)CC(=O)O)c(Cl)ccc2c1C(F)(F)F. The topological polar surface area (TPSA) is 66.8 Å². The van der Waals surface area contributed by atoms with E-state index in [-0.39, 0.29) is 26.4 Å². The van der Waals surface area contributed by atoms with Crippen LogP contribution in [0.5, 0.6) is 5.75 Å². The van der Waals surface area contributed by atoms with Crippen LogP contribution in [0.2, 0.25) is 5.02 Å². The summed E-state index contributed by atoms with van der Waals surface area (Å²) in [4.78, 5) is 23.9. The lowest BCUT2D eigenvalue weighted by atomic mass is 10.0. The number of hydrogen-bond acceptors (Lipinski definition) is 4. The fraction of sp³-hybridized carbons (Fsp3) is 0.250. The number of rotatable bonds is 4. The van der Waals surface area contributed by atoms with Gasteiger partial charge in [0, 0.05) is 11.9 Å². The van der Waals surface area contributed by atoms with E-state index in [1.165, 1.54) is 25.2 Å². The first-order valence-electron chi connectivity index (χ1n) is 7.07. The van der Waals surface area contributed by atoms with Crippen molar-refractivity contribution in [3.05, 3.63) is 34.9 Å². The first-order chi connectivity index (χ1) is 12.1. The lowest BCUT2D eigenvalue weighted by Crippen LogP contribution is -2.28. The number of fused-ring (bicyclic) bond motifs is 1. The summed E-state index contributed by atoms with van der Waals surface area (Å²) >= 11 is 6.64. The third-order valence-electron chi connectivity index (χ3n) is 3.44. The Morgan fingerprint density at radius 3 is 2.38 bits per heavy atom. The number of aliphatic carboxylic acids is 1. The quantitative estimate of drug-likeness (QED) is 0.741. The monoisotopic (exact) mass is 407 g/mol. The minimum atomic E-state index is -4.68. The van der Waals surface area contributed by atoms with Crippen LogP contribution in [-0.4, -0.2) is 41.9 Å². The van der Waals surface area contributed by atoms with Gasteiger partial charge in [-0.3, -0.25) is 9.59 Å². The van der Waals surface area contributed by atoms with Crippen LogP contribution in [0.3, 0.4) is 0 Å². The van der Waals surface area contributed by atoms with Gasteiger partial charge in [-0.2, -0.15) is 13.2 Å². The predicted octanol–water partition coefficient (Wildman–Crippen LogP) is 4.75. The van der Waals surface area contributed by atoms with Crippen molar-refractivity contribution in [2.24, 2.45) is 0 Å². The largest absolute Gasteiger partial charge is 0.496 e. The Morgan fingerprint density at radius 2 is 1.85 bits per heavy atom. The molecule has 140 valence electrons. The molecule has 0 unspecified atom stereocenters. The van der Waals surface area contributed by atoms with E-state index in [1.807, 2.05) is 0 Å². The molecule has 26 heavy (non-hydrogen) atoms. The Balaban J connectivity index is 2.59. The van der Waals surface area contributed by atoms with E-state index in [9.17, 15) is 22.8 Å². The summed E-state index contributed by atoms with van der Waals surface area (Å²) in [6, 6.07) is 4.99. The van der Waals surface area contributed by atoms with Crippen molar-refractivity contribution in [3.63, 3.8) is 0 Å². The number of amides is 1. The van der Waals surface area contributed by atoms with Gasteiger partial charge in [-0.25, -0.2) is 0 Å². The number of carbonyl (C=O) groups is 2. The lowest BCUT2D eigenvalue weighted by Gasteiger charge is -2.18. The van der Waals surface area contributed by atoms with Crippen LogP contribution < -0.4 is 4.74 Å². The Morgan fingerprint density at radius 1 is 1.23 bits per heavy atom. The van der Waals surface area contributed by atoms with Crippen LogP contribution in [0.25, 0.3) is 10.8 Å². The van der Waals surface area contributed by atoms with Gasteiger partial charge in [-0.1, -0.05) is 17.7 Å². The van der Waals surface area contributed by atoms with Crippen LogP contribution in [0, 0.1) is 0 Å². The molecule has 2 aromatic carbocycles. The number of carboxylic acids is 1. The highest BCUT2D eigenvalue weighted by Crippen LogP contribution is 2.45. The maximum atomic E-state index is 13.5. The fourth-order valence-electron chi connectivity index (χ4n) is 2.33. The zero-order valence-electron chi connectivity index (χ0n) is 13.6. The van der Waals surface area contributed by atoms with E-state index in [0.29, 0.717) is 11.8 Å². The molecule has 0 aliphatic rings. The highest BCUT2D eigenvalue weighted by Gasteiger charge is 2.37. The van der Waals surface area contributed by atoms with Crippen LogP contribution in [0.1, 0.15) is 5.56 Å². The average molecular weight is 408 g/mol. The number of hydrogen-bond donors (Lipinski definition) is 1. The maximum Gasteiger partial charge on any atom is 0.420 e. The van der Waals surface area contributed by atoms with E-state index in [0.717, 1.165) is 18.1 Å². The molecule has 0 aromatic heterocycles. The van der Waals surface area contributed by atoms with E-state index in [1.54, 1.807) is 0 Å². The van der Waals surface area contributed by atoms with Gasteiger partial charge in [-0.05, 0) is 40.7 Å². The molecule has 0 fully saturated rings. The van der Waals surface area contributed by atoms with Crippen LogP contribution in [-0.2, 0) is 11.0 Å². The van der Waals surface area contributed by atoms with Gasteiger partial charge in [0.05, 0.1) is 12.1 Å². The number of alkyl halides is 3. The number of halogens is 4. The molecule has 0 saturated carbocycles. The van der Waals surface area contributed by atoms with Gasteiger partial charge in [0.25, 0.3) is 5.24 Å². The number of carboxylic acid groups (broad SMARTS) is 1. The predicted molar refractivity (Wildman–Crippen MR) is 92.0 cm³/mol. The van der Waals surface area contributed by atoms with Gasteiger partial charge < -0.3 is 14.7 Å². The average Bonchev–Trinajstić information content (AvgIpc) is 2.54. The Labute approximate surface area is 155 Å². The van der Waals surface area contributed by atoms with E-state index < -0.39 is 29.5 Å². The van der Waals surface area contributed by atoms with E-state index in [4.69, 9.17) is 21.4 Å². The highest BCUT2D eigenvalue weighted by molar-refractivity contribution is 8.13. The van der Waals surface area contributed by atoms with E-state index >= 15 is 0 Å². The molecule has 1 amide bonds. The first kappa shape index (κ1) is 20.2. The van der Waals surface area contributed by atoms with Gasteiger partial charge in [-0.15, -0.1) is 0 Å². The van der Waals surface area contributed by atoms with Crippen LogP contribution >= 0.6 is 23.4 Å². The van der Waals surface area contributed by atoms with Crippen molar-refractivity contribution in [2.75, 3.05) is 20.7 Å². The lowest BCUT2D eigenvalue weighted by molar-refractivity contribution is -0.138. The molecule has 0 aliphatic heterocycles. The third kappa shape index (κ3) is 4.16. The number of benzene rings is 2. The minimum absolute atomic E-state index is 0.0814. The zero-order valence-corrected chi connectivity index (χ0v) is 15.1. The second-order valence-electron chi connectivity index (χ2n) is 5.23. The zero-order chi connectivity index (χ0) is 19.6. The Kier molecular flexibility index (Phi) is 5.92. The Bertz CT molecular complexity index is 873. The summed E-state index contributed by atoms with van der Waals surface area (Å²) in [6.07, 6.45) is -4.68. The number of carbonyl (C=O) groups excluding carboxylic acids is 1. The number of ether oxygens (including phenoxy) is 1. The minimum Gasteiger partial charge on any atom is -0.496 e. The highest BCUT2D eigenvalue weighted by atomic mass is 35.5. The summed E-state index contributed by atoms with van der Waals surface area (Å²) in [5.41, 5.74) is -0.970. The molecule has 5 nitrogen and oxygen atoms in total. The number of methoxy groups -OCH3 is 1.